The van der Waals surface area contributed by atoms with Gasteiger partial charge in [0, 0.05) is 6.20 Å². The van der Waals surface area contributed by atoms with Crippen LogP contribution in [-0.4, -0.2) is 33.6 Å². The van der Waals surface area contributed by atoms with E-state index in [2.05, 4.69) is 10.3 Å². The van der Waals surface area contributed by atoms with Crippen molar-refractivity contribution in [1.82, 2.24) is 10.3 Å². The van der Waals surface area contributed by atoms with Gasteiger partial charge in [0.1, 0.15) is 5.03 Å². The van der Waals surface area contributed by atoms with Gasteiger partial charge >= 0.3 is 5.97 Å². The third-order valence-corrected chi connectivity index (χ3v) is 3.34. The highest BCUT2D eigenvalue weighted by molar-refractivity contribution is 8.00. The molecule has 2 heterocycles. The first-order valence-corrected chi connectivity index (χ1v) is 6.75. The van der Waals surface area contributed by atoms with E-state index in [4.69, 9.17) is 9.52 Å². The smallest absolute Gasteiger partial charge is 0.338 e. The van der Waals surface area contributed by atoms with E-state index >= 15 is 0 Å². The first-order chi connectivity index (χ1) is 10.1. The van der Waals surface area contributed by atoms with Gasteiger partial charge in [-0.2, -0.15) is 0 Å². The lowest BCUT2D eigenvalue weighted by atomic mass is 10.3. The van der Waals surface area contributed by atoms with Gasteiger partial charge < -0.3 is 9.52 Å². The van der Waals surface area contributed by atoms with Crippen LogP contribution in [0.3, 0.4) is 0 Å². The lowest BCUT2D eigenvalue weighted by molar-refractivity contribution is -0.117. The predicted molar refractivity (Wildman–Crippen MR) is 73.1 cm³/mol. The van der Waals surface area contributed by atoms with E-state index in [-0.39, 0.29) is 22.1 Å². The number of furan rings is 1. The number of rotatable bonds is 5. The summed E-state index contributed by atoms with van der Waals surface area (Å²) in [4.78, 5) is 38.1. The second-order valence-corrected chi connectivity index (χ2v) is 4.77. The van der Waals surface area contributed by atoms with Gasteiger partial charge in [-0.25, -0.2) is 9.78 Å². The molecule has 0 saturated carbocycles. The third-order valence-electron chi connectivity index (χ3n) is 2.34. The molecule has 0 aliphatic heterocycles. The Kier molecular flexibility index (Phi) is 4.72. The Morgan fingerprint density at radius 3 is 2.76 bits per heavy atom. The SMILES string of the molecule is O=C(CSc1ncccc1C(=O)O)NC(=O)c1ccco1. The molecule has 0 atom stereocenters. The number of pyridine rings is 1. The van der Waals surface area contributed by atoms with Gasteiger partial charge in [-0.1, -0.05) is 11.8 Å². The van der Waals surface area contributed by atoms with Gasteiger partial charge in [0.2, 0.25) is 5.91 Å². The highest BCUT2D eigenvalue weighted by atomic mass is 32.2. The van der Waals surface area contributed by atoms with Crippen molar-refractivity contribution in [3.05, 3.63) is 48.0 Å². The fourth-order valence-corrected chi connectivity index (χ4v) is 2.22. The van der Waals surface area contributed by atoms with Crippen molar-refractivity contribution in [2.45, 2.75) is 5.03 Å². The number of thioether (sulfide) groups is 1. The van der Waals surface area contributed by atoms with Gasteiger partial charge in [0.25, 0.3) is 5.91 Å². The van der Waals surface area contributed by atoms with Crippen molar-refractivity contribution >= 4 is 29.5 Å². The van der Waals surface area contributed by atoms with Crippen LogP contribution in [0.1, 0.15) is 20.9 Å². The monoisotopic (exact) mass is 306 g/mol. The van der Waals surface area contributed by atoms with Crippen molar-refractivity contribution in [3.63, 3.8) is 0 Å². The fourth-order valence-electron chi connectivity index (χ4n) is 1.43. The second-order valence-electron chi connectivity index (χ2n) is 3.80. The molecular formula is C13H10N2O5S. The quantitative estimate of drug-likeness (QED) is 0.804. The molecule has 2 rings (SSSR count). The molecular weight excluding hydrogens is 296 g/mol. The van der Waals surface area contributed by atoms with E-state index in [1.54, 1.807) is 0 Å². The summed E-state index contributed by atoms with van der Waals surface area (Å²) in [6.45, 7) is 0. The second kappa shape index (κ2) is 6.71. The summed E-state index contributed by atoms with van der Waals surface area (Å²) in [6, 6.07) is 5.84. The molecule has 0 radical (unpaired) electrons. The van der Waals surface area contributed by atoms with Crippen molar-refractivity contribution in [1.29, 1.82) is 0 Å². The summed E-state index contributed by atoms with van der Waals surface area (Å²) in [5.41, 5.74) is 0.00709. The number of carbonyl (C=O) groups excluding carboxylic acids is 2. The largest absolute Gasteiger partial charge is 0.478 e. The van der Waals surface area contributed by atoms with Crippen LogP contribution in [0.4, 0.5) is 0 Å². The van der Waals surface area contributed by atoms with Crippen molar-refractivity contribution < 1.29 is 23.9 Å². The number of amides is 2. The van der Waals surface area contributed by atoms with Gasteiger partial charge in [-0.05, 0) is 24.3 Å². The maximum absolute atomic E-state index is 11.6. The Bertz CT molecular complexity index is 669. The topological polar surface area (TPSA) is 110 Å². The van der Waals surface area contributed by atoms with E-state index < -0.39 is 17.8 Å². The molecule has 2 amide bonds. The van der Waals surface area contributed by atoms with E-state index in [0.29, 0.717) is 0 Å². The summed E-state index contributed by atoms with van der Waals surface area (Å²) >= 11 is 0.936. The Labute approximate surface area is 123 Å². The molecule has 2 N–H and O–H groups in total. The molecule has 0 aliphatic rings. The minimum Gasteiger partial charge on any atom is -0.478 e. The number of carbonyl (C=O) groups is 3. The van der Waals surface area contributed by atoms with Crippen LogP contribution in [0, 0.1) is 0 Å². The number of hydrogen-bond acceptors (Lipinski definition) is 6. The van der Waals surface area contributed by atoms with Crippen LogP contribution in [0.2, 0.25) is 0 Å². The van der Waals surface area contributed by atoms with Crippen molar-refractivity contribution in [2.75, 3.05) is 5.75 Å². The molecule has 21 heavy (non-hydrogen) atoms. The molecule has 2 aromatic rings. The van der Waals surface area contributed by atoms with E-state index in [0.717, 1.165) is 11.8 Å². The summed E-state index contributed by atoms with van der Waals surface area (Å²) in [7, 11) is 0. The Morgan fingerprint density at radius 1 is 1.29 bits per heavy atom. The standard InChI is InChI=1S/C13H10N2O5S/c16-10(15-11(17)9-4-2-6-20-9)7-21-12-8(13(18)19)3-1-5-14-12/h1-6H,7H2,(H,18,19)(H,15,16,17). The van der Waals surface area contributed by atoms with Crippen LogP contribution < -0.4 is 5.32 Å². The van der Waals surface area contributed by atoms with Crippen LogP contribution >= 0.6 is 11.8 Å². The third kappa shape index (κ3) is 3.93. The first kappa shape index (κ1) is 14.8. The average molecular weight is 306 g/mol. The lowest BCUT2D eigenvalue weighted by Gasteiger charge is -2.04. The molecule has 8 heteroatoms. The van der Waals surface area contributed by atoms with E-state index in [1.807, 2.05) is 0 Å². The lowest BCUT2D eigenvalue weighted by Crippen LogP contribution is -2.31. The maximum Gasteiger partial charge on any atom is 0.338 e. The highest BCUT2D eigenvalue weighted by Crippen LogP contribution is 2.19. The number of hydrogen-bond donors (Lipinski definition) is 2. The number of aromatic carboxylic acids is 1. The van der Waals surface area contributed by atoms with E-state index in [9.17, 15) is 14.4 Å². The average Bonchev–Trinajstić information content (AvgIpc) is 2.99. The van der Waals surface area contributed by atoms with Crippen LogP contribution in [0.15, 0.2) is 46.2 Å². The molecule has 0 spiro atoms. The summed E-state index contributed by atoms with van der Waals surface area (Å²) in [5.74, 6) is -2.45. The molecule has 0 saturated heterocycles. The molecule has 0 fully saturated rings. The zero-order chi connectivity index (χ0) is 15.2. The van der Waals surface area contributed by atoms with Crippen molar-refractivity contribution in [3.8, 4) is 0 Å². The molecule has 108 valence electrons. The zero-order valence-electron chi connectivity index (χ0n) is 10.6. The predicted octanol–water partition coefficient (Wildman–Crippen LogP) is 1.42. The van der Waals surface area contributed by atoms with Gasteiger partial charge in [-0.15, -0.1) is 0 Å². The van der Waals surface area contributed by atoms with Gasteiger partial charge in [-0.3, -0.25) is 14.9 Å². The molecule has 0 bridgehead atoms. The van der Waals surface area contributed by atoms with Crippen molar-refractivity contribution in [2.24, 2.45) is 0 Å². The fraction of sp³-hybridized carbons (Fsp3) is 0.0769. The van der Waals surface area contributed by atoms with Gasteiger partial charge in [0.15, 0.2) is 5.76 Å². The Hall–Kier alpha value is -2.61. The summed E-state index contributed by atoms with van der Waals surface area (Å²) < 4.78 is 4.85. The van der Waals surface area contributed by atoms with Crippen LogP contribution in [-0.2, 0) is 4.79 Å². The number of carboxylic acid groups (broad SMARTS) is 1. The summed E-state index contributed by atoms with van der Waals surface area (Å²) in [6.07, 6.45) is 2.75. The number of aromatic nitrogens is 1. The molecule has 0 aromatic carbocycles. The summed E-state index contributed by atoms with van der Waals surface area (Å²) in [5, 5.41) is 11.3. The van der Waals surface area contributed by atoms with Crippen LogP contribution in [0.25, 0.3) is 0 Å². The minimum atomic E-state index is -1.13. The zero-order valence-corrected chi connectivity index (χ0v) is 11.4. The number of imide groups is 1. The Morgan fingerprint density at radius 2 is 2.10 bits per heavy atom. The van der Waals surface area contributed by atoms with Gasteiger partial charge in [0.05, 0.1) is 17.6 Å². The number of nitrogens with zero attached hydrogens (tertiary/aromatic N) is 1. The Balaban J connectivity index is 1.93. The number of carboxylic acids is 1. The molecule has 7 nitrogen and oxygen atoms in total. The molecule has 2 aromatic heterocycles. The maximum atomic E-state index is 11.6. The van der Waals surface area contributed by atoms with Crippen LogP contribution in [0.5, 0.6) is 0 Å². The number of nitrogens with one attached hydrogen (secondary N) is 1. The highest BCUT2D eigenvalue weighted by Gasteiger charge is 2.15. The first-order valence-electron chi connectivity index (χ1n) is 5.76. The molecule has 0 unspecified atom stereocenters. The normalized spacial score (nSPS) is 10.1. The van der Waals surface area contributed by atoms with E-state index in [1.165, 1.54) is 36.7 Å². The minimum absolute atomic E-state index is 0.00709. The molecule has 0 aliphatic carbocycles.